The Morgan fingerprint density at radius 3 is 2.61 bits per heavy atom. The Bertz CT molecular complexity index is 599. The summed E-state index contributed by atoms with van der Waals surface area (Å²) in [6.07, 6.45) is 0. The molecule has 3 rings (SSSR count). The van der Waals surface area contributed by atoms with E-state index >= 15 is 0 Å². The molecule has 2 saturated heterocycles. The number of rotatable bonds is 1. The van der Waals surface area contributed by atoms with Crippen molar-refractivity contribution in [2.45, 2.75) is 11.3 Å². The number of thioether (sulfide) groups is 1. The number of anilines is 1. The van der Waals surface area contributed by atoms with E-state index in [0.29, 0.717) is 4.32 Å². The third kappa shape index (κ3) is 2.04. The molecule has 0 N–H and O–H groups in total. The Morgan fingerprint density at radius 2 is 1.94 bits per heavy atom. The van der Waals surface area contributed by atoms with Gasteiger partial charge in [0, 0.05) is 10.9 Å². The monoisotopic (exact) mass is 303 g/mol. The van der Waals surface area contributed by atoms with Gasteiger partial charge in [-0.05, 0) is 24.3 Å². The maximum Gasteiger partial charge on any atom is 0.153 e. The fourth-order valence-corrected chi connectivity index (χ4v) is 6.75. The molecule has 0 saturated carbocycles. The van der Waals surface area contributed by atoms with E-state index in [4.69, 9.17) is 12.2 Å². The molecule has 2 aliphatic rings. The summed E-state index contributed by atoms with van der Waals surface area (Å²) >= 11 is 6.71. The molecule has 0 aromatic heterocycles. The van der Waals surface area contributed by atoms with Gasteiger partial charge in [-0.3, -0.25) is 0 Å². The lowest BCUT2D eigenvalue weighted by atomic mass is 10.2. The zero-order valence-electron chi connectivity index (χ0n) is 9.24. The quantitative estimate of drug-likeness (QED) is 0.740. The Hall–Kier alpha value is -0.660. The van der Waals surface area contributed by atoms with Crippen LogP contribution in [0.25, 0.3) is 0 Å². The van der Waals surface area contributed by atoms with Crippen molar-refractivity contribution in [2.75, 3.05) is 16.4 Å². The van der Waals surface area contributed by atoms with E-state index in [-0.39, 0.29) is 28.6 Å². The fraction of sp³-hybridized carbons (Fsp3) is 0.364. The van der Waals surface area contributed by atoms with E-state index in [1.807, 2.05) is 4.90 Å². The van der Waals surface area contributed by atoms with Gasteiger partial charge in [-0.1, -0.05) is 24.0 Å². The highest BCUT2D eigenvalue weighted by atomic mass is 32.2. The second kappa shape index (κ2) is 4.18. The minimum atomic E-state index is -2.97. The molecule has 0 bridgehead atoms. The largest absolute Gasteiger partial charge is 0.322 e. The highest BCUT2D eigenvalue weighted by Gasteiger charge is 2.48. The fourth-order valence-electron chi connectivity index (χ4n) is 2.37. The molecule has 18 heavy (non-hydrogen) atoms. The van der Waals surface area contributed by atoms with Crippen LogP contribution in [0.2, 0.25) is 0 Å². The highest BCUT2D eigenvalue weighted by molar-refractivity contribution is 8.24. The molecule has 0 aliphatic carbocycles. The number of sulfone groups is 1. The molecule has 7 heteroatoms. The van der Waals surface area contributed by atoms with Crippen molar-refractivity contribution < 1.29 is 12.8 Å². The molecule has 2 aliphatic heterocycles. The van der Waals surface area contributed by atoms with E-state index in [2.05, 4.69) is 0 Å². The van der Waals surface area contributed by atoms with Crippen LogP contribution in [-0.2, 0) is 9.84 Å². The molecular formula is C11H10FNO2S3. The van der Waals surface area contributed by atoms with Gasteiger partial charge in [0.05, 0.1) is 17.5 Å². The first-order valence-corrected chi connectivity index (χ1v) is 8.53. The summed E-state index contributed by atoms with van der Waals surface area (Å²) in [5.41, 5.74) is 0.763. The molecule has 0 spiro atoms. The molecule has 1 aromatic rings. The Kier molecular flexibility index (Phi) is 2.87. The maximum atomic E-state index is 12.9. The standard InChI is InChI=1S/C11H10FNO2S3/c12-7-1-3-8(4-2-7)13-9-5-18(14,15)6-10(9)17-11(13)16/h1-4,9-10H,5-6H2. The van der Waals surface area contributed by atoms with Crippen LogP contribution in [0.4, 0.5) is 10.1 Å². The van der Waals surface area contributed by atoms with Gasteiger partial charge in [-0.15, -0.1) is 0 Å². The number of fused-ring (bicyclic) bond motifs is 1. The summed E-state index contributed by atoms with van der Waals surface area (Å²) in [5.74, 6) is -0.00497. The van der Waals surface area contributed by atoms with E-state index in [0.717, 1.165) is 5.69 Å². The van der Waals surface area contributed by atoms with Gasteiger partial charge in [0.25, 0.3) is 0 Å². The molecular weight excluding hydrogens is 293 g/mol. The second-order valence-electron chi connectivity index (χ2n) is 4.41. The van der Waals surface area contributed by atoms with Crippen molar-refractivity contribution >= 4 is 43.8 Å². The molecule has 0 amide bonds. The number of hydrogen-bond acceptors (Lipinski definition) is 4. The molecule has 2 unspecified atom stereocenters. The third-order valence-electron chi connectivity index (χ3n) is 3.16. The van der Waals surface area contributed by atoms with E-state index in [9.17, 15) is 12.8 Å². The van der Waals surface area contributed by atoms with Gasteiger partial charge in [0.1, 0.15) is 10.1 Å². The lowest BCUT2D eigenvalue weighted by Crippen LogP contribution is -2.36. The second-order valence-corrected chi connectivity index (χ2v) is 8.44. The zero-order valence-corrected chi connectivity index (χ0v) is 11.7. The van der Waals surface area contributed by atoms with E-state index in [1.54, 1.807) is 12.1 Å². The predicted octanol–water partition coefficient (Wildman–Crippen LogP) is 1.83. The van der Waals surface area contributed by atoms with Crippen molar-refractivity contribution in [3.63, 3.8) is 0 Å². The van der Waals surface area contributed by atoms with Crippen molar-refractivity contribution in [1.29, 1.82) is 0 Å². The van der Waals surface area contributed by atoms with Gasteiger partial charge in [0.15, 0.2) is 9.84 Å². The molecule has 2 fully saturated rings. The summed E-state index contributed by atoms with van der Waals surface area (Å²) in [7, 11) is -2.97. The Labute approximate surface area is 114 Å². The zero-order chi connectivity index (χ0) is 12.9. The Balaban J connectivity index is 1.96. The third-order valence-corrected chi connectivity index (χ3v) is 6.75. The van der Waals surface area contributed by atoms with Crippen LogP contribution >= 0.6 is 24.0 Å². The lowest BCUT2D eigenvalue weighted by molar-refractivity contribution is 0.601. The molecule has 2 heterocycles. The van der Waals surface area contributed by atoms with Crippen LogP contribution < -0.4 is 4.90 Å². The molecule has 3 nitrogen and oxygen atoms in total. The first-order valence-electron chi connectivity index (χ1n) is 5.42. The maximum absolute atomic E-state index is 12.9. The number of halogens is 1. The van der Waals surface area contributed by atoms with Gasteiger partial charge in [-0.25, -0.2) is 12.8 Å². The van der Waals surface area contributed by atoms with Crippen LogP contribution in [0, 0.1) is 5.82 Å². The molecule has 2 atom stereocenters. The van der Waals surface area contributed by atoms with Crippen molar-refractivity contribution in [3.05, 3.63) is 30.1 Å². The smallest absolute Gasteiger partial charge is 0.153 e. The van der Waals surface area contributed by atoms with Gasteiger partial charge >= 0.3 is 0 Å². The highest BCUT2D eigenvalue weighted by Crippen LogP contribution is 2.40. The number of thiocarbonyl (C=S) groups is 1. The minimum Gasteiger partial charge on any atom is -0.322 e. The van der Waals surface area contributed by atoms with Gasteiger partial charge < -0.3 is 4.90 Å². The van der Waals surface area contributed by atoms with Crippen molar-refractivity contribution in [2.24, 2.45) is 0 Å². The molecule has 96 valence electrons. The minimum absolute atomic E-state index is 0.00699. The van der Waals surface area contributed by atoms with Crippen LogP contribution in [0.15, 0.2) is 24.3 Å². The van der Waals surface area contributed by atoms with Crippen LogP contribution in [-0.4, -0.2) is 35.5 Å². The first-order chi connectivity index (χ1) is 8.46. The first kappa shape index (κ1) is 12.4. The summed E-state index contributed by atoms with van der Waals surface area (Å²) < 4.78 is 36.9. The number of hydrogen-bond donors (Lipinski definition) is 0. The summed E-state index contributed by atoms with van der Waals surface area (Å²) in [6.45, 7) is 0. The van der Waals surface area contributed by atoms with E-state index in [1.165, 1.54) is 23.9 Å². The summed E-state index contributed by atoms with van der Waals surface area (Å²) in [4.78, 5) is 1.84. The average Bonchev–Trinajstić information content (AvgIpc) is 2.70. The lowest BCUT2D eigenvalue weighted by Gasteiger charge is -2.23. The summed E-state index contributed by atoms with van der Waals surface area (Å²) in [5, 5.41) is 0.00699. The number of nitrogens with zero attached hydrogens (tertiary/aromatic N) is 1. The van der Waals surface area contributed by atoms with Crippen LogP contribution in [0.1, 0.15) is 0 Å². The van der Waals surface area contributed by atoms with Crippen LogP contribution in [0.5, 0.6) is 0 Å². The Morgan fingerprint density at radius 1 is 1.28 bits per heavy atom. The average molecular weight is 303 g/mol. The number of benzene rings is 1. The summed E-state index contributed by atoms with van der Waals surface area (Å²) in [6, 6.07) is 5.88. The van der Waals surface area contributed by atoms with E-state index < -0.39 is 9.84 Å². The molecule has 0 radical (unpaired) electrons. The van der Waals surface area contributed by atoms with Gasteiger partial charge in [0.2, 0.25) is 0 Å². The predicted molar refractivity (Wildman–Crippen MR) is 75.3 cm³/mol. The SMILES string of the molecule is O=S1(=O)CC2SC(=S)N(c3ccc(F)cc3)C2C1. The topological polar surface area (TPSA) is 37.4 Å². The normalized spacial score (nSPS) is 29.6. The van der Waals surface area contributed by atoms with Crippen molar-refractivity contribution in [3.8, 4) is 0 Å². The van der Waals surface area contributed by atoms with Crippen LogP contribution in [0.3, 0.4) is 0 Å². The molecule has 1 aromatic carbocycles. The van der Waals surface area contributed by atoms with Crippen molar-refractivity contribution in [1.82, 2.24) is 0 Å². The van der Waals surface area contributed by atoms with Gasteiger partial charge in [-0.2, -0.15) is 0 Å².